The van der Waals surface area contributed by atoms with Gasteiger partial charge in [0.1, 0.15) is 0 Å². The average molecular weight is 429 g/mol. The maximum Gasteiger partial charge on any atom is 0.238 e. The van der Waals surface area contributed by atoms with Gasteiger partial charge >= 0.3 is 0 Å². The zero-order valence-electron chi connectivity index (χ0n) is 17.9. The number of nitrogens with zero attached hydrogens (tertiary/aromatic N) is 2. The van der Waals surface area contributed by atoms with Gasteiger partial charge in [0.2, 0.25) is 11.8 Å². The standard InChI is InChI=1S/C23H32N4O2S/c1-3-19-7-4-5-9-21(19)25-22(28)17-26-12-14-27(15-13-26)18(2)23(29)24-11-10-20-8-6-16-30-20/h4-9,16,18H,3,10-15,17H2,1-2H3,(H,24,29)(H,25,28)/t18-/m1/s1. The van der Waals surface area contributed by atoms with Gasteiger partial charge in [-0.2, -0.15) is 0 Å². The molecule has 30 heavy (non-hydrogen) atoms. The Bertz CT molecular complexity index is 816. The van der Waals surface area contributed by atoms with Crippen LogP contribution in [-0.2, 0) is 22.4 Å². The molecule has 1 atom stereocenters. The van der Waals surface area contributed by atoms with Gasteiger partial charge in [-0.05, 0) is 42.8 Å². The number of carbonyl (C=O) groups is 2. The molecule has 1 fully saturated rings. The summed E-state index contributed by atoms with van der Waals surface area (Å²) >= 11 is 1.72. The first kappa shape index (κ1) is 22.5. The van der Waals surface area contributed by atoms with Gasteiger partial charge in [-0.25, -0.2) is 0 Å². The molecule has 1 aliphatic rings. The summed E-state index contributed by atoms with van der Waals surface area (Å²) in [6, 6.07) is 11.9. The SMILES string of the molecule is CCc1ccccc1NC(=O)CN1CCN([C@H](C)C(=O)NCCc2cccs2)CC1. The van der Waals surface area contributed by atoms with Crippen LogP contribution in [0.4, 0.5) is 5.69 Å². The zero-order chi connectivity index (χ0) is 21.3. The van der Waals surface area contributed by atoms with E-state index < -0.39 is 0 Å². The number of hydrogen-bond acceptors (Lipinski definition) is 5. The number of aryl methyl sites for hydroxylation is 1. The van der Waals surface area contributed by atoms with E-state index in [1.54, 1.807) is 11.3 Å². The molecule has 0 radical (unpaired) electrons. The van der Waals surface area contributed by atoms with Gasteiger partial charge in [0, 0.05) is 43.3 Å². The number of nitrogens with one attached hydrogen (secondary N) is 2. The van der Waals surface area contributed by atoms with Crippen LogP contribution >= 0.6 is 11.3 Å². The summed E-state index contributed by atoms with van der Waals surface area (Å²) in [7, 11) is 0. The van der Waals surface area contributed by atoms with Crippen LogP contribution in [0.25, 0.3) is 0 Å². The van der Waals surface area contributed by atoms with Gasteiger partial charge in [0.05, 0.1) is 12.6 Å². The Morgan fingerprint density at radius 2 is 1.87 bits per heavy atom. The quantitative estimate of drug-likeness (QED) is 0.644. The number of benzene rings is 1. The van der Waals surface area contributed by atoms with Crippen LogP contribution in [0.3, 0.4) is 0 Å². The third-order valence-electron chi connectivity index (χ3n) is 5.62. The van der Waals surface area contributed by atoms with Crippen LogP contribution in [0.5, 0.6) is 0 Å². The number of rotatable bonds is 9. The third-order valence-corrected chi connectivity index (χ3v) is 6.56. The van der Waals surface area contributed by atoms with E-state index in [2.05, 4.69) is 38.8 Å². The average Bonchev–Trinajstić information content (AvgIpc) is 3.27. The van der Waals surface area contributed by atoms with E-state index in [9.17, 15) is 9.59 Å². The van der Waals surface area contributed by atoms with Crippen LogP contribution in [0.15, 0.2) is 41.8 Å². The van der Waals surface area contributed by atoms with Crippen molar-refractivity contribution >= 4 is 28.8 Å². The van der Waals surface area contributed by atoms with E-state index >= 15 is 0 Å². The van der Waals surface area contributed by atoms with Crippen molar-refractivity contribution in [1.29, 1.82) is 0 Å². The maximum absolute atomic E-state index is 12.5. The second-order valence-electron chi connectivity index (χ2n) is 7.67. The first-order valence-corrected chi connectivity index (χ1v) is 11.6. The number of thiophene rings is 1. The molecule has 2 aromatic rings. The summed E-state index contributed by atoms with van der Waals surface area (Å²) in [4.78, 5) is 30.6. The van der Waals surface area contributed by atoms with Crippen LogP contribution < -0.4 is 10.6 Å². The van der Waals surface area contributed by atoms with Gasteiger partial charge in [0.15, 0.2) is 0 Å². The number of anilines is 1. The second-order valence-corrected chi connectivity index (χ2v) is 8.70. The zero-order valence-corrected chi connectivity index (χ0v) is 18.7. The highest BCUT2D eigenvalue weighted by Crippen LogP contribution is 2.15. The Hall–Kier alpha value is -2.22. The molecular weight excluding hydrogens is 396 g/mol. The smallest absolute Gasteiger partial charge is 0.238 e. The van der Waals surface area contributed by atoms with E-state index in [4.69, 9.17) is 0 Å². The second kappa shape index (κ2) is 11.2. The molecule has 2 N–H and O–H groups in total. The Kier molecular flexibility index (Phi) is 8.42. The largest absolute Gasteiger partial charge is 0.354 e. The summed E-state index contributed by atoms with van der Waals surface area (Å²) in [5.74, 6) is 0.0950. The molecule has 1 aromatic carbocycles. The first-order valence-electron chi connectivity index (χ1n) is 10.7. The highest BCUT2D eigenvalue weighted by molar-refractivity contribution is 7.09. The summed E-state index contributed by atoms with van der Waals surface area (Å²) in [6.45, 7) is 8.26. The van der Waals surface area contributed by atoms with Crippen LogP contribution in [0.1, 0.15) is 24.3 Å². The Labute approximate surface area is 183 Å². The molecule has 0 spiro atoms. The molecule has 162 valence electrons. The maximum atomic E-state index is 12.5. The van der Waals surface area contributed by atoms with Crippen molar-refractivity contribution in [2.45, 2.75) is 32.7 Å². The predicted molar refractivity (Wildman–Crippen MR) is 123 cm³/mol. The van der Waals surface area contributed by atoms with E-state index in [0.29, 0.717) is 13.1 Å². The molecule has 0 bridgehead atoms. The van der Waals surface area contributed by atoms with Crippen molar-refractivity contribution in [2.75, 3.05) is 44.6 Å². The summed E-state index contributed by atoms with van der Waals surface area (Å²) in [5.41, 5.74) is 2.05. The normalized spacial score (nSPS) is 16.2. The molecule has 1 aromatic heterocycles. The van der Waals surface area contributed by atoms with Crippen LogP contribution in [0, 0.1) is 0 Å². The Morgan fingerprint density at radius 1 is 1.10 bits per heavy atom. The van der Waals surface area contributed by atoms with E-state index in [1.165, 1.54) is 4.88 Å². The monoisotopic (exact) mass is 428 g/mol. The summed E-state index contributed by atoms with van der Waals surface area (Å²) in [5, 5.41) is 8.14. The molecule has 0 saturated carbocycles. The lowest BCUT2D eigenvalue weighted by molar-refractivity contribution is -0.127. The van der Waals surface area contributed by atoms with Crippen molar-refractivity contribution in [3.05, 3.63) is 52.2 Å². The van der Waals surface area contributed by atoms with Crippen molar-refractivity contribution in [2.24, 2.45) is 0 Å². The lowest BCUT2D eigenvalue weighted by Gasteiger charge is -2.37. The Balaban J connectivity index is 1.38. The topological polar surface area (TPSA) is 64.7 Å². The van der Waals surface area contributed by atoms with E-state index in [1.807, 2.05) is 37.3 Å². The molecular formula is C23H32N4O2S. The highest BCUT2D eigenvalue weighted by Gasteiger charge is 2.26. The highest BCUT2D eigenvalue weighted by atomic mass is 32.1. The predicted octanol–water partition coefficient (Wildman–Crippen LogP) is 2.61. The van der Waals surface area contributed by atoms with Gasteiger partial charge in [-0.15, -0.1) is 11.3 Å². The first-order chi connectivity index (χ1) is 14.6. The molecule has 7 heteroatoms. The van der Waals surface area contributed by atoms with Gasteiger partial charge in [-0.1, -0.05) is 31.2 Å². The molecule has 6 nitrogen and oxygen atoms in total. The minimum atomic E-state index is -0.152. The van der Waals surface area contributed by atoms with Crippen LogP contribution in [-0.4, -0.2) is 66.9 Å². The van der Waals surface area contributed by atoms with E-state index in [-0.39, 0.29) is 17.9 Å². The number of hydrogen-bond donors (Lipinski definition) is 2. The van der Waals surface area contributed by atoms with Gasteiger partial charge in [-0.3, -0.25) is 19.4 Å². The van der Waals surface area contributed by atoms with Crippen molar-refractivity contribution in [3.63, 3.8) is 0 Å². The van der Waals surface area contributed by atoms with Gasteiger partial charge < -0.3 is 10.6 Å². The lowest BCUT2D eigenvalue weighted by atomic mass is 10.1. The Morgan fingerprint density at radius 3 is 2.57 bits per heavy atom. The third kappa shape index (κ3) is 6.39. The number of carbonyl (C=O) groups excluding carboxylic acids is 2. The molecule has 0 aliphatic carbocycles. The molecule has 1 aliphatic heterocycles. The molecule has 2 amide bonds. The fourth-order valence-corrected chi connectivity index (χ4v) is 4.44. The van der Waals surface area contributed by atoms with E-state index in [0.717, 1.165) is 50.3 Å². The van der Waals surface area contributed by atoms with Crippen molar-refractivity contribution in [3.8, 4) is 0 Å². The van der Waals surface area contributed by atoms with Gasteiger partial charge in [0.25, 0.3) is 0 Å². The fourth-order valence-electron chi connectivity index (χ4n) is 3.73. The molecule has 0 unspecified atom stereocenters. The number of piperazine rings is 1. The fraction of sp³-hybridized carbons (Fsp3) is 0.478. The molecule has 1 saturated heterocycles. The summed E-state index contributed by atoms with van der Waals surface area (Å²) in [6.07, 6.45) is 1.77. The summed E-state index contributed by atoms with van der Waals surface area (Å²) < 4.78 is 0. The minimum Gasteiger partial charge on any atom is -0.354 e. The number of para-hydroxylation sites is 1. The molecule has 3 rings (SSSR count). The van der Waals surface area contributed by atoms with Crippen molar-refractivity contribution in [1.82, 2.24) is 15.1 Å². The molecule has 2 heterocycles. The van der Waals surface area contributed by atoms with Crippen molar-refractivity contribution < 1.29 is 9.59 Å². The lowest BCUT2D eigenvalue weighted by Crippen LogP contribution is -2.54. The number of amides is 2. The van der Waals surface area contributed by atoms with Crippen LogP contribution in [0.2, 0.25) is 0 Å². The minimum absolute atomic E-state index is 0.0173.